The van der Waals surface area contributed by atoms with Crippen molar-refractivity contribution < 1.29 is 4.74 Å². The Kier molecular flexibility index (Phi) is 7.11. The fraction of sp³-hybridized carbons (Fsp3) is 0.800. The van der Waals surface area contributed by atoms with E-state index < -0.39 is 0 Å². The Balaban J connectivity index is 3.32. The van der Waals surface area contributed by atoms with Gasteiger partial charge in [0.25, 0.3) is 0 Å². The van der Waals surface area contributed by atoms with E-state index in [1.165, 1.54) is 5.57 Å². The highest BCUT2D eigenvalue weighted by atomic mass is 16.5. The van der Waals surface area contributed by atoms with Gasteiger partial charge >= 0.3 is 0 Å². The van der Waals surface area contributed by atoms with Crippen LogP contribution >= 0.6 is 0 Å². The normalized spacial score (nSPS) is 12.7. The smallest absolute Gasteiger partial charge is 0.0466 e. The van der Waals surface area contributed by atoms with Crippen molar-refractivity contribution in [2.75, 3.05) is 13.2 Å². The quantitative estimate of drug-likeness (QED) is 0.490. The van der Waals surface area contributed by atoms with Gasteiger partial charge in [-0.2, -0.15) is 0 Å². The lowest BCUT2D eigenvalue weighted by Crippen LogP contribution is -2.17. The molecule has 0 spiro atoms. The highest BCUT2D eigenvalue weighted by molar-refractivity contribution is 4.99. The summed E-state index contributed by atoms with van der Waals surface area (Å²) in [5.74, 6) is 0. The number of hydrogen-bond donors (Lipinski definition) is 1. The van der Waals surface area contributed by atoms with Crippen molar-refractivity contribution in [1.29, 1.82) is 0 Å². The number of nitrogens with two attached hydrogens (primary N) is 1. The maximum atomic E-state index is 5.82. The molecule has 0 aromatic carbocycles. The third-order valence-corrected chi connectivity index (χ3v) is 1.58. The summed E-state index contributed by atoms with van der Waals surface area (Å²) >= 11 is 0. The monoisotopic (exact) mass is 171 g/mol. The second kappa shape index (κ2) is 7.32. The van der Waals surface area contributed by atoms with Crippen molar-refractivity contribution in [1.82, 2.24) is 0 Å². The minimum atomic E-state index is 0.204. The summed E-state index contributed by atoms with van der Waals surface area (Å²) in [6.07, 6.45) is 4.18. The minimum Gasteiger partial charge on any atom is -0.382 e. The zero-order valence-electron chi connectivity index (χ0n) is 8.47. The van der Waals surface area contributed by atoms with Crippen LogP contribution in [0.5, 0.6) is 0 Å². The molecule has 0 saturated heterocycles. The van der Waals surface area contributed by atoms with Gasteiger partial charge in [0.1, 0.15) is 0 Å². The maximum absolute atomic E-state index is 5.82. The SMILES string of the molecule is CCOCCCC(N)C=C(C)C. The maximum Gasteiger partial charge on any atom is 0.0466 e. The van der Waals surface area contributed by atoms with Crippen LogP contribution in [-0.2, 0) is 4.74 Å². The number of rotatable bonds is 6. The molecule has 0 heterocycles. The summed E-state index contributed by atoms with van der Waals surface area (Å²) < 4.78 is 5.21. The summed E-state index contributed by atoms with van der Waals surface area (Å²) in [4.78, 5) is 0. The summed E-state index contributed by atoms with van der Waals surface area (Å²) in [7, 11) is 0. The highest BCUT2D eigenvalue weighted by Crippen LogP contribution is 2.00. The zero-order valence-corrected chi connectivity index (χ0v) is 8.47. The van der Waals surface area contributed by atoms with E-state index in [1.807, 2.05) is 6.92 Å². The van der Waals surface area contributed by atoms with Gasteiger partial charge in [0, 0.05) is 19.3 Å². The first-order chi connectivity index (χ1) is 5.66. The predicted molar refractivity (Wildman–Crippen MR) is 53.1 cm³/mol. The number of hydrogen-bond acceptors (Lipinski definition) is 2. The average molecular weight is 171 g/mol. The Hall–Kier alpha value is -0.340. The van der Waals surface area contributed by atoms with Crippen LogP contribution in [0.3, 0.4) is 0 Å². The molecule has 0 radical (unpaired) electrons. The van der Waals surface area contributed by atoms with E-state index >= 15 is 0 Å². The van der Waals surface area contributed by atoms with E-state index in [0.717, 1.165) is 26.1 Å². The molecule has 0 aromatic heterocycles. The molecule has 0 aliphatic heterocycles. The highest BCUT2D eigenvalue weighted by Gasteiger charge is 1.97. The van der Waals surface area contributed by atoms with Crippen LogP contribution in [0.25, 0.3) is 0 Å². The third-order valence-electron chi connectivity index (χ3n) is 1.58. The molecular formula is C10H21NO. The van der Waals surface area contributed by atoms with Gasteiger partial charge in [0.05, 0.1) is 0 Å². The molecular weight excluding hydrogens is 150 g/mol. The first-order valence-electron chi connectivity index (χ1n) is 4.65. The standard InChI is InChI=1S/C10H21NO/c1-4-12-7-5-6-10(11)8-9(2)3/h8,10H,4-7,11H2,1-3H3. The molecule has 0 aromatic rings. The third kappa shape index (κ3) is 7.76. The second-order valence-electron chi connectivity index (χ2n) is 3.25. The van der Waals surface area contributed by atoms with Crippen LogP contribution in [-0.4, -0.2) is 19.3 Å². The lowest BCUT2D eigenvalue weighted by atomic mass is 10.1. The molecule has 12 heavy (non-hydrogen) atoms. The molecule has 1 unspecified atom stereocenters. The van der Waals surface area contributed by atoms with Crippen LogP contribution in [0.2, 0.25) is 0 Å². The zero-order chi connectivity index (χ0) is 9.40. The number of ether oxygens (including phenoxy) is 1. The molecule has 2 heteroatoms. The molecule has 0 aliphatic carbocycles. The van der Waals surface area contributed by atoms with E-state index in [4.69, 9.17) is 10.5 Å². The van der Waals surface area contributed by atoms with Crippen LogP contribution < -0.4 is 5.73 Å². The topological polar surface area (TPSA) is 35.2 Å². The molecule has 0 bridgehead atoms. The Morgan fingerprint density at radius 1 is 1.50 bits per heavy atom. The largest absolute Gasteiger partial charge is 0.382 e. The lowest BCUT2D eigenvalue weighted by Gasteiger charge is -2.06. The van der Waals surface area contributed by atoms with Crippen molar-refractivity contribution in [2.24, 2.45) is 5.73 Å². The van der Waals surface area contributed by atoms with Crippen LogP contribution in [0.15, 0.2) is 11.6 Å². The predicted octanol–water partition coefficient (Wildman–Crippen LogP) is 2.10. The first kappa shape index (κ1) is 11.7. The van der Waals surface area contributed by atoms with Gasteiger partial charge in [-0.1, -0.05) is 11.6 Å². The van der Waals surface area contributed by atoms with E-state index in [9.17, 15) is 0 Å². The lowest BCUT2D eigenvalue weighted by molar-refractivity contribution is 0.143. The molecule has 0 rings (SSSR count). The van der Waals surface area contributed by atoms with Crippen molar-refractivity contribution in [3.05, 3.63) is 11.6 Å². The van der Waals surface area contributed by atoms with Crippen molar-refractivity contribution in [3.63, 3.8) is 0 Å². The Morgan fingerprint density at radius 2 is 2.17 bits per heavy atom. The van der Waals surface area contributed by atoms with Crippen molar-refractivity contribution in [2.45, 2.75) is 39.7 Å². The minimum absolute atomic E-state index is 0.204. The second-order valence-corrected chi connectivity index (χ2v) is 3.25. The fourth-order valence-electron chi connectivity index (χ4n) is 1.08. The summed E-state index contributed by atoms with van der Waals surface area (Å²) in [6.45, 7) is 7.79. The fourth-order valence-corrected chi connectivity index (χ4v) is 1.08. The van der Waals surface area contributed by atoms with Gasteiger partial charge in [-0.15, -0.1) is 0 Å². The van der Waals surface area contributed by atoms with Gasteiger partial charge in [-0.3, -0.25) is 0 Å². The summed E-state index contributed by atoms with van der Waals surface area (Å²) in [5, 5.41) is 0. The first-order valence-corrected chi connectivity index (χ1v) is 4.65. The van der Waals surface area contributed by atoms with Crippen LogP contribution in [0, 0.1) is 0 Å². The van der Waals surface area contributed by atoms with E-state index in [2.05, 4.69) is 19.9 Å². The average Bonchev–Trinajstić information content (AvgIpc) is 1.97. The molecule has 0 amide bonds. The molecule has 1 atom stereocenters. The molecule has 0 saturated carbocycles. The van der Waals surface area contributed by atoms with E-state index in [-0.39, 0.29) is 6.04 Å². The molecule has 72 valence electrons. The van der Waals surface area contributed by atoms with Gasteiger partial charge < -0.3 is 10.5 Å². The molecule has 0 aliphatic rings. The molecule has 0 fully saturated rings. The van der Waals surface area contributed by atoms with Gasteiger partial charge in [-0.25, -0.2) is 0 Å². The summed E-state index contributed by atoms with van der Waals surface area (Å²) in [6, 6.07) is 0.204. The molecule has 2 N–H and O–H groups in total. The van der Waals surface area contributed by atoms with E-state index in [1.54, 1.807) is 0 Å². The van der Waals surface area contributed by atoms with E-state index in [0.29, 0.717) is 0 Å². The number of allylic oxidation sites excluding steroid dienone is 1. The van der Waals surface area contributed by atoms with Crippen molar-refractivity contribution >= 4 is 0 Å². The van der Waals surface area contributed by atoms with Gasteiger partial charge in [0.2, 0.25) is 0 Å². The Bertz CT molecular complexity index is 128. The Morgan fingerprint density at radius 3 is 2.67 bits per heavy atom. The van der Waals surface area contributed by atoms with Gasteiger partial charge in [-0.05, 0) is 33.6 Å². The van der Waals surface area contributed by atoms with Crippen molar-refractivity contribution in [3.8, 4) is 0 Å². The van der Waals surface area contributed by atoms with Gasteiger partial charge in [0.15, 0.2) is 0 Å². The van der Waals surface area contributed by atoms with Crippen LogP contribution in [0.4, 0.5) is 0 Å². The van der Waals surface area contributed by atoms with Crippen LogP contribution in [0.1, 0.15) is 33.6 Å². The Labute approximate surface area is 75.8 Å². The molecule has 2 nitrogen and oxygen atoms in total. The summed E-state index contributed by atoms with van der Waals surface area (Å²) in [5.41, 5.74) is 7.12.